The molecule has 0 bridgehead atoms. The van der Waals surface area contributed by atoms with E-state index in [0.717, 1.165) is 23.4 Å². The minimum absolute atomic E-state index is 0.0239. The normalized spacial score (nSPS) is 13.9. The molecule has 1 aliphatic rings. The smallest absolute Gasteiger partial charge is 0.265 e. The van der Waals surface area contributed by atoms with Crippen LogP contribution in [0.15, 0.2) is 30.3 Å². The van der Waals surface area contributed by atoms with Crippen LogP contribution in [0.25, 0.3) is 0 Å². The standard InChI is InChI=1S/C15H16N2OS/c16-11-5-7-12(8-6-11)17-15(18)14-9-10-3-1-2-4-13(10)19-14/h5-9H,1-4,16H2,(H,17,18). The summed E-state index contributed by atoms with van der Waals surface area (Å²) < 4.78 is 0. The number of anilines is 2. The largest absolute Gasteiger partial charge is 0.399 e. The number of thiophene rings is 1. The molecular weight excluding hydrogens is 256 g/mol. The predicted octanol–water partition coefficient (Wildman–Crippen LogP) is 3.46. The summed E-state index contributed by atoms with van der Waals surface area (Å²) in [7, 11) is 0. The van der Waals surface area contributed by atoms with Gasteiger partial charge in [-0.2, -0.15) is 0 Å². The molecule has 0 unspecified atom stereocenters. The Labute approximate surface area is 116 Å². The molecule has 1 amide bonds. The van der Waals surface area contributed by atoms with Gasteiger partial charge >= 0.3 is 0 Å². The van der Waals surface area contributed by atoms with E-state index >= 15 is 0 Å². The highest BCUT2D eigenvalue weighted by atomic mass is 32.1. The first kappa shape index (κ1) is 12.2. The first-order chi connectivity index (χ1) is 9.22. The van der Waals surface area contributed by atoms with Gasteiger partial charge in [0.05, 0.1) is 4.88 Å². The van der Waals surface area contributed by atoms with Crippen LogP contribution in [0.3, 0.4) is 0 Å². The quantitative estimate of drug-likeness (QED) is 0.823. The summed E-state index contributed by atoms with van der Waals surface area (Å²) in [5, 5.41) is 2.91. The van der Waals surface area contributed by atoms with Gasteiger partial charge in [-0.3, -0.25) is 4.79 Å². The van der Waals surface area contributed by atoms with Gasteiger partial charge in [-0.15, -0.1) is 11.3 Å². The summed E-state index contributed by atoms with van der Waals surface area (Å²) in [6.45, 7) is 0. The van der Waals surface area contributed by atoms with E-state index in [1.807, 2.05) is 18.2 Å². The van der Waals surface area contributed by atoms with Crippen molar-refractivity contribution in [3.8, 4) is 0 Å². The highest BCUT2D eigenvalue weighted by Crippen LogP contribution is 2.30. The number of amides is 1. The fourth-order valence-corrected chi connectivity index (χ4v) is 3.51. The molecule has 0 radical (unpaired) electrons. The molecule has 0 atom stereocenters. The molecular formula is C15H16N2OS. The molecule has 1 heterocycles. The molecule has 4 heteroatoms. The Kier molecular flexibility index (Phi) is 3.25. The third-order valence-electron chi connectivity index (χ3n) is 3.39. The number of nitrogens with two attached hydrogens (primary N) is 1. The molecule has 0 fully saturated rings. The third-order valence-corrected chi connectivity index (χ3v) is 4.62. The Hall–Kier alpha value is -1.81. The Morgan fingerprint density at radius 1 is 1.16 bits per heavy atom. The van der Waals surface area contributed by atoms with Crippen molar-refractivity contribution in [2.45, 2.75) is 25.7 Å². The van der Waals surface area contributed by atoms with Crippen LogP contribution in [0.5, 0.6) is 0 Å². The van der Waals surface area contributed by atoms with Crippen molar-refractivity contribution in [2.24, 2.45) is 0 Å². The Bertz CT molecular complexity index is 578. The Morgan fingerprint density at radius 2 is 1.89 bits per heavy atom. The van der Waals surface area contributed by atoms with E-state index in [9.17, 15) is 4.79 Å². The summed E-state index contributed by atoms with van der Waals surface area (Å²) in [4.78, 5) is 14.4. The van der Waals surface area contributed by atoms with Gasteiger partial charge in [-0.25, -0.2) is 0 Å². The molecule has 0 aliphatic heterocycles. The highest BCUT2D eigenvalue weighted by Gasteiger charge is 2.17. The summed E-state index contributed by atoms with van der Waals surface area (Å²) >= 11 is 1.63. The molecule has 19 heavy (non-hydrogen) atoms. The van der Waals surface area contributed by atoms with Crippen molar-refractivity contribution in [1.82, 2.24) is 0 Å². The van der Waals surface area contributed by atoms with Gasteiger partial charge in [-0.1, -0.05) is 0 Å². The lowest BCUT2D eigenvalue weighted by Crippen LogP contribution is -2.10. The second kappa shape index (κ2) is 5.05. The monoisotopic (exact) mass is 272 g/mol. The Morgan fingerprint density at radius 3 is 2.63 bits per heavy atom. The number of hydrogen-bond donors (Lipinski definition) is 2. The maximum atomic E-state index is 12.2. The van der Waals surface area contributed by atoms with E-state index in [1.165, 1.54) is 23.3 Å². The lowest BCUT2D eigenvalue weighted by Gasteiger charge is -2.08. The second-order valence-corrected chi connectivity index (χ2v) is 5.98. The highest BCUT2D eigenvalue weighted by molar-refractivity contribution is 7.14. The molecule has 1 aromatic carbocycles. The van der Waals surface area contributed by atoms with Gasteiger partial charge in [0.1, 0.15) is 0 Å². The summed E-state index contributed by atoms with van der Waals surface area (Å²) in [6.07, 6.45) is 4.71. The number of carbonyl (C=O) groups is 1. The average Bonchev–Trinajstić information content (AvgIpc) is 2.85. The van der Waals surface area contributed by atoms with E-state index in [4.69, 9.17) is 5.73 Å². The molecule has 3 rings (SSSR count). The molecule has 98 valence electrons. The fraction of sp³-hybridized carbons (Fsp3) is 0.267. The predicted molar refractivity (Wildman–Crippen MR) is 79.8 cm³/mol. The maximum Gasteiger partial charge on any atom is 0.265 e. The zero-order valence-electron chi connectivity index (χ0n) is 10.6. The molecule has 3 N–H and O–H groups in total. The first-order valence-corrected chi connectivity index (χ1v) is 7.32. The topological polar surface area (TPSA) is 55.1 Å². The first-order valence-electron chi connectivity index (χ1n) is 6.51. The summed E-state index contributed by atoms with van der Waals surface area (Å²) in [6, 6.07) is 9.26. The van der Waals surface area contributed by atoms with Crippen LogP contribution < -0.4 is 11.1 Å². The van der Waals surface area contributed by atoms with Crippen molar-refractivity contribution in [2.75, 3.05) is 11.1 Å². The van der Waals surface area contributed by atoms with Crippen molar-refractivity contribution in [3.63, 3.8) is 0 Å². The fourth-order valence-electron chi connectivity index (χ4n) is 2.36. The van der Waals surface area contributed by atoms with Gasteiger partial charge in [-0.05, 0) is 61.6 Å². The van der Waals surface area contributed by atoms with E-state index in [2.05, 4.69) is 5.32 Å². The molecule has 3 nitrogen and oxygen atoms in total. The number of nitrogen functional groups attached to an aromatic ring is 1. The number of carbonyl (C=O) groups excluding carboxylic acids is 1. The van der Waals surface area contributed by atoms with Gasteiger partial charge in [0.15, 0.2) is 0 Å². The number of fused-ring (bicyclic) bond motifs is 1. The average molecular weight is 272 g/mol. The van der Waals surface area contributed by atoms with Crippen molar-refractivity contribution in [3.05, 3.63) is 45.6 Å². The van der Waals surface area contributed by atoms with Crippen LogP contribution in [0.1, 0.15) is 33.0 Å². The van der Waals surface area contributed by atoms with Gasteiger partial charge in [0.2, 0.25) is 0 Å². The van der Waals surface area contributed by atoms with Crippen LogP contribution in [-0.4, -0.2) is 5.91 Å². The number of rotatable bonds is 2. The van der Waals surface area contributed by atoms with Gasteiger partial charge in [0.25, 0.3) is 5.91 Å². The summed E-state index contributed by atoms with van der Waals surface area (Å²) in [5.41, 5.74) is 8.47. The lowest BCUT2D eigenvalue weighted by atomic mass is 9.99. The molecule has 0 saturated heterocycles. The van der Waals surface area contributed by atoms with E-state index in [1.54, 1.807) is 23.5 Å². The van der Waals surface area contributed by atoms with Crippen molar-refractivity contribution < 1.29 is 4.79 Å². The number of nitrogens with one attached hydrogen (secondary N) is 1. The minimum atomic E-state index is -0.0239. The van der Waals surface area contributed by atoms with Gasteiger partial charge < -0.3 is 11.1 Å². The van der Waals surface area contributed by atoms with Crippen LogP contribution in [0, 0.1) is 0 Å². The van der Waals surface area contributed by atoms with Crippen LogP contribution in [0.2, 0.25) is 0 Å². The van der Waals surface area contributed by atoms with E-state index < -0.39 is 0 Å². The zero-order chi connectivity index (χ0) is 13.2. The number of hydrogen-bond acceptors (Lipinski definition) is 3. The SMILES string of the molecule is Nc1ccc(NC(=O)c2cc3c(s2)CCCC3)cc1. The molecule has 1 aliphatic carbocycles. The molecule has 2 aromatic rings. The van der Waals surface area contributed by atoms with E-state index in [-0.39, 0.29) is 5.91 Å². The van der Waals surface area contributed by atoms with Crippen LogP contribution >= 0.6 is 11.3 Å². The third kappa shape index (κ3) is 2.63. The van der Waals surface area contributed by atoms with Crippen molar-refractivity contribution in [1.29, 1.82) is 0 Å². The summed E-state index contributed by atoms with van der Waals surface area (Å²) in [5.74, 6) is -0.0239. The van der Waals surface area contributed by atoms with Gasteiger partial charge in [0, 0.05) is 16.3 Å². The van der Waals surface area contributed by atoms with Crippen LogP contribution in [0.4, 0.5) is 11.4 Å². The second-order valence-electron chi connectivity index (χ2n) is 4.84. The molecule has 0 spiro atoms. The van der Waals surface area contributed by atoms with Crippen LogP contribution in [-0.2, 0) is 12.8 Å². The number of benzene rings is 1. The van der Waals surface area contributed by atoms with Crippen molar-refractivity contribution >= 4 is 28.6 Å². The number of aryl methyl sites for hydroxylation is 2. The van der Waals surface area contributed by atoms with E-state index in [0.29, 0.717) is 5.69 Å². The minimum Gasteiger partial charge on any atom is -0.399 e. The molecule has 1 aromatic heterocycles. The maximum absolute atomic E-state index is 12.2. The lowest BCUT2D eigenvalue weighted by molar-refractivity contribution is 0.103. The zero-order valence-corrected chi connectivity index (χ0v) is 11.4. The molecule has 0 saturated carbocycles. The Balaban J connectivity index is 1.76.